The summed E-state index contributed by atoms with van der Waals surface area (Å²) < 4.78 is 10.9. The molecule has 2 aliphatic rings. The highest BCUT2D eigenvalue weighted by Crippen LogP contribution is 2.51. The van der Waals surface area contributed by atoms with Gasteiger partial charge in [0.05, 0.1) is 5.41 Å². The van der Waals surface area contributed by atoms with Crippen LogP contribution in [-0.4, -0.2) is 17.7 Å². The van der Waals surface area contributed by atoms with Gasteiger partial charge in [-0.25, -0.2) is 4.98 Å². The fourth-order valence-electron chi connectivity index (χ4n) is 3.88. The van der Waals surface area contributed by atoms with Crippen LogP contribution in [0.15, 0.2) is 54.7 Å². The van der Waals surface area contributed by atoms with Gasteiger partial charge in [0, 0.05) is 13.2 Å². The van der Waals surface area contributed by atoms with Crippen LogP contribution in [-0.2, 0) is 10.2 Å². The molecule has 0 atom stereocenters. The standard InChI is InChI=1S/C24H22N2O3.H2/c1-15-4-3-5-17(10-15)18-11-16(2)22(25-13-18)26-23(27)24(8-9-24)19-6-7-20-21(12-19)29-14-28-20;/h3-7,10-13H,8-9,14H2,1-2H3,(H,25,26,27);1H. The minimum absolute atomic E-state index is 0. The van der Waals surface area contributed by atoms with Gasteiger partial charge in [0.2, 0.25) is 12.7 Å². The Hall–Kier alpha value is -3.34. The fraction of sp³-hybridized carbons (Fsp3) is 0.250. The Kier molecular flexibility index (Phi) is 4.05. The lowest BCUT2D eigenvalue weighted by atomic mass is 9.94. The van der Waals surface area contributed by atoms with E-state index in [2.05, 4.69) is 41.5 Å². The Labute approximate surface area is 171 Å². The third-order valence-electron chi connectivity index (χ3n) is 5.77. The molecule has 0 radical (unpaired) electrons. The summed E-state index contributed by atoms with van der Waals surface area (Å²) in [5, 5.41) is 3.05. The summed E-state index contributed by atoms with van der Waals surface area (Å²) in [5.41, 5.74) is 4.77. The molecule has 0 bridgehead atoms. The van der Waals surface area contributed by atoms with Crippen molar-refractivity contribution in [2.45, 2.75) is 32.1 Å². The number of carbonyl (C=O) groups excluding carboxylic acids is 1. The van der Waals surface area contributed by atoms with E-state index in [9.17, 15) is 4.79 Å². The van der Waals surface area contributed by atoms with E-state index in [4.69, 9.17) is 9.47 Å². The normalized spacial score (nSPS) is 15.8. The second-order valence-corrected chi connectivity index (χ2v) is 7.86. The predicted octanol–water partition coefficient (Wildman–Crippen LogP) is 5.01. The third kappa shape index (κ3) is 3.12. The van der Waals surface area contributed by atoms with E-state index >= 15 is 0 Å². The minimum atomic E-state index is -0.510. The topological polar surface area (TPSA) is 60.5 Å². The van der Waals surface area contributed by atoms with E-state index in [0.717, 1.165) is 40.8 Å². The SMILES string of the molecule is Cc1cccc(-c2cnc(NC(=O)C3(c4ccc5c(c4)OCO5)CC3)c(C)c2)c1.[HH]. The molecular formula is C24H24N2O3. The smallest absolute Gasteiger partial charge is 0.236 e. The van der Waals surface area contributed by atoms with Gasteiger partial charge >= 0.3 is 0 Å². The van der Waals surface area contributed by atoms with Crippen molar-refractivity contribution >= 4 is 11.7 Å². The monoisotopic (exact) mass is 388 g/mol. The maximum Gasteiger partial charge on any atom is 0.236 e. The quantitative estimate of drug-likeness (QED) is 0.682. The third-order valence-corrected chi connectivity index (χ3v) is 5.77. The molecule has 1 saturated carbocycles. The molecule has 1 N–H and O–H groups in total. The number of rotatable bonds is 4. The Morgan fingerprint density at radius 3 is 2.62 bits per heavy atom. The van der Waals surface area contributed by atoms with Gasteiger partial charge in [0.25, 0.3) is 0 Å². The summed E-state index contributed by atoms with van der Waals surface area (Å²) in [5.74, 6) is 2.03. The number of aromatic nitrogens is 1. The van der Waals surface area contributed by atoms with Gasteiger partial charge in [-0.15, -0.1) is 0 Å². The molecule has 3 aromatic rings. The van der Waals surface area contributed by atoms with Crippen molar-refractivity contribution in [1.82, 2.24) is 4.98 Å². The predicted molar refractivity (Wildman–Crippen MR) is 113 cm³/mol. The molecule has 148 valence electrons. The molecule has 0 saturated heterocycles. The molecule has 2 heterocycles. The molecule has 1 amide bonds. The molecular weight excluding hydrogens is 364 g/mol. The minimum Gasteiger partial charge on any atom is -0.454 e. The average Bonchev–Trinajstić information content (AvgIpc) is 3.40. The number of hydrogen-bond acceptors (Lipinski definition) is 4. The van der Waals surface area contributed by atoms with Gasteiger partial charge in [0.1, 0.15) is 5.82 Å². The lowest BCUT2D eigenvalue weighted by Crippen LogP contribution is -2.28. The van der Waals surface area contributed by atoms with Crippen LogP contribution in [0.3, 0.4) is 0 Å². The number of amides is 1. The largest absolute Gasteiger partial charge is 0.454 e. The lowest BCUT2D eigenvalue weighted by molar-refractivity contribution is -0.118. The first kappa shape index (κ1) is 17.7. The number of nitrogens with one attached hydrogen (secondary N) is 1. The van der Waals surface area contributed by atoms with E-state index in [-0.39, 0.29) is 14.1 Å². The van der Waals surface area contributed by atoms with Gasteiger partial charge in [-0.1, -0.05) is 35.9 Å². The number of carbonyl (C=O) groups is 1. The molecule has 1 fully saturated rings. The van der Waals surface area contributed by atoms with Crippen LogP contribution >= 0.6 is 0 Å². The number of hydrogen-bond donors (Lipinski definition) is 1. The van der Waals surface area contributed by atoms with Crippen LogP contribution in [0.1, 0.15) is 31.0 Å². The van der Waals surface area contributed by atoms with Gasteiger partial charge in [-0.05, 0) is 61.6 Å². The van der Waals surface area contributed by atoms with Crippen molar-refractivity contribution in [3.8, 4) is 22.6 Å². The van der Waals surface area contributed by atoms with Crippen molar-refractivity contribution in [2.24, 2.45) is 0 Å². The Bertz CT molecular complexity index is 1130. The fourth-order valence-corrected chi connectivity index (χ4v) is 3.88. The molecule has 5 heteroatoms. The summed E-state index contributed by atoms with van der Waals surface area (Å²) in [6.45, 7) is 4.28. The highest BCUT2D eigenvalue weighted by Gasteiger charge is 2.51. The van der Waals surface area contributed by atoms with Crippen molar-refractivity contribution in [1.29, 1.82) is 0 Å². The molecule has 0 spiro atoms. The summed E-state index contributed by atoms with van der Waals surface area (Å²) in [6, 6.07) is 16.1. The maximum atomic E-state index is 13.1. The first-order valence-electron chi connectivity index (χ1n) is 9.80. The first-order chi connectivity index (χ1) is 14.0. The van der Waals surface area contributed by atoms with Crippen LogP contribution in [0.25, 0.3) is 11.1 Å². The van der Waals surface area contributed by atoms with E-state index in [1.54, 1.807) is 0 Å². The van der Waals surface area contributed by atoms with Gasteiger partial charge in [-0.2, -0.15) is 0 Å². The summed E-state index contributed by atoms with van der Waals surface area (Å²) >= 11 is 0. The van der Waals surface area contributed by atoms with Gasteiger partial charge in [0.15, 0.2) is 11.5 Å². The average molecular weight is 388 g/mol. The summed E-state index contributed by atoms with van der Waals surface area (Å²) in [4.78, 5) is 17.7. The number of pyridine rings is 1. The van der Waals surface area contributed by atoms with E-state index in [0.29, 0.717) is 11.6 Å². The molecule has 1 aromatic heterocycles. The molecule has 1 aliphatic heterocycles. The number of anilines is 1. The number of benzene rings is 2. The zero-order valence-electron chi connectivity index (χ0n) is 16.5. The lowest BCUT2D eigenvalue weighted by Gasteiger charge is -2.17. The van der Waals surface area contributed by atoms with Crippen molar-refractivity contribution in [3.63, 3.8) is 0 Å². The van der Waals surface area contributed by atoms with E-state index < -0.39 is 5.41 Å². The molecule has 1 aliphatic carbocycles. The van der Waals surface area contributed by atoms with Crippen molar-refractivity contribution in [2.75, 3.05) is 12.1 Å². The molecule has 2 aromatic carbocycles. The molecule has 0 unspecified atom stereocenters. The van der Waals surface area contributed by atoms with Crippen molar-refractivity contribution in [3.05, 3.63) is 71.4 Å². The molecule has 5 rings (SSSR count). The van der Waals surface area contributed by atoms with Gasteiger partial charge in [-0.3, -0.25) is 4.79 Å². The van der Waals surface area contributed by atoms with Gasteiger partial charge < -0.3 is 14.8 Å². The second kappa shape index (κ2) is 6.62. The van der Waals surface area contributed by atoms with Crippen LogP contribution in [0, 0.1) is 13.8 Å². The molecule has 29 heavy (non-hydrogen) atoms. The summed E-state index contributed by atoms with van der Waals surface area (Å²) in [6.07, 6.45) is 3.45. The Morgan fingerprint density at radius 1 is 1.03 bits per heavy atom. The zero-order chi connectivity index (χ0) is 20.0. The highest BCUT2D eigenvalue weighted by molar-refractivity contribution is 6.01. The summed E-state index contributed by atoms with van der Waals surface area (Å²) in [7, 11) is 0. The van der Waals surface area contributed by atoms with Crippen LogP contribution in [0.4, 0.5) is 5.82 Å². The molecule has 5 nitrogen and oxygen atoms in total. The first-order valence-corrected chi connectivity index (χ1v) is 9.80. The maximum absolute atomic E-state index is 13.1. The van der Waals surface area contributed by atoms with E-state index in [1.807, 2.05) is 37.4 Å². The second-order valence-electron chi connectivity index (χ2n) is 7.86. The number of ether oxygens (including phenoxy) is 2. The highest BCUT2D eigenvalue weighted by atomic mass is 16.7. The number of aryl methyl sites for hydroxylation is 2. The van der Waals surface area contributed by atoms with Crippen LogP contribution in [0.2, 0.25) is 0 Å². The number of nitrogens with zero attached hydrogens (tertiary/aromatic N) is 1. The Morgan fingerprint density at radius 2 is 1.86 bits per heavy atom. The van der Waals surface area contributed by atoms with Crippen molar-refractivity contribution < 1.29 is 15.7 Å². The zero-order valence-corrected chi connectivity index (χ0v) is 16.5. The van der Waals surface area contributed by atoms with Crippen LogP contribution < -0.4 is 14.8 Å². The Balaban J connectivity index is 0.00000218. The van der Waals surface area contributed by atoms with Crippen LogP contribution in [0.5, 0.6) is 11.5 Å². The van der Waals surface area contributed by atoms with E-state index in [1.165, 1.54) is 5.56 Å². The number of fused-ring (bicyclic) bond motifs is 1.